The van der Waals surface area contributed by atoms with Crippen molar-refractivity contribution in [3.8, 4) is 0 Å². The zero-order chi connectivity index (χ0) is 11.1. The number of rotatable bonds is 1. The molecule has 0 aliphatic rings. The Bertz CT molecular complexity index is 698. The molecule has 3 rings (SSSR count). The van der Waals surface area contributed by atoms with E-state index in [2.05, 4.69) is 0 Å². The third-order valence-corrected chi connectivity index (χ3v) is 2.85. The molecule has 16 heavy (non-hydrogen) atoms. The smallest absolute Gasteiger partial charge is 0.150 e. The third kappa shape index (κ3) is 1.24. The van der Waals surface area contributed by atoms with Gasteiger partial charge in [-0.1, -0.05) is 23.7 Å². The topological polar surface area (TPSA) is 30.2 Å². The van der Waals surface area contributed by atoms with Gasteiger partial charge in [0.25, 0.3) is 0 Å². The van der Waals surface area contributed by atoms with Crippen LogP contribution < -0.4 is 0 Å². The fraction of sp³-hybridized carbons (Fsp3) is 0. The average Bonchev–Trinajstić information content (AvgIpc) is 2.65. The molecule has 0 fully saturated rings. The minimum Gasteiger partial charge on any atom is -0.456 e. The number of halogens is 1. The van der Waals surface area contributed by atoms with Gasteiger partial charge in [-0.05, 0) is 18.2 Å². The summed E-state index contributed by atoms with van der Waals surface area (Å²) in [6.45, 7) is 0. The molecule has 0 bridgehead atoms. The summed E-state index contributed by atoms with van der Waals surface area (Å²) in [4.78, 5) is 11.0. The minimum absolute atomic E-state index is 0.624. The van der Waals surface area contributed by atoms with Crippen molar-refractivity contribution >= 4 is 39.8 Å². The molecule has 1 heterocycles. The monoisotopic (exact) mass is 230 g/mol. The molecule has 78 valence electrons. The van der Waals surface area contributed by atoms with Gasteiger partial charge in [-0.3, -0.25) is 4.79 Å². The van der Waals surface area contributed by atoms with Crippen LogP contribution >= 0.6 is 11.6 Å². The zero-order valence-electron chi connectivity index (χ0n) is 8.24. The van der Waals surface area contributed by atoms with Crippen LogP contribution in [0, 0.1) is 0 Å². The number of carbonyl (C=O) groups is 1. The lowest BCUT2D eigenvalue weighted by Gasteiger charge is -1.93. The summed E-state index contributed by atoms with van der Waals surface area (Å²) in [5, 5.41) is 2.39. The highest BCUT2D eigenvalue weighted by molar-refractivity contribution is 6.31. The van der Waals surface area contributed by atoms with Gasteiger partial charge in [0.15, 0.2) is 6.29 Å². The van der Waals surface area contributed by atoms with Crippen LogP contribution in [0.25, 0.3) is 21.9 Å². The fourth-order valence-corrected chi connectivity index (χ4v) is 2.09. The maximum absolute atomic E-state index is 11.0. The SMILES string of the molecule is O=Cc1cccc2oc3cc(Cl)ccc3c12. The quantitative estimate of drug-likeness (QED) is 0.591. The fourth-order valence-electron chi connectivity index (χ4n) is 1.93. The Morgan fingerprint density at radius 3 is 2.81 bits per heavy atom. The van der Waals surface area contributed by atoms with Gasteiger partial charge in [0.2, 0.25) is 0 Å². The molecule has 0 unspecified atom stereocenters. The number of fused-ring (bicyclic) bond motifs is 3. The first-order valence-electron chi connectivity index (χ1n) is 4.85. The van der Waals surface area contributed by atoms with Crippen molar-refractivity contribution in [2.24, 2.45) is 0 Å². The number of aldehydes is 1. The van der Waals surface area contributed by atoms with Gasteiger partial charge in [0.1, 0.15) is 11.2 Å². The first kappa shape index (κ1) is 9.43. The second-order valence-electron chi connectivity index (χ2n) is 3.58. The minimum atomic E-state index is 0.624. The Morgan fingerprint density at radius 1 is 1.12 bits per heavy atom. The standard InChI is InChI=1S/C13H7ClO2/c14-9-4-5-10-12(6-9)16-11-3-1-2-8(7-15)13(10)11/h1-7H. The van der Waals surface area contributed by atoms with Crippen LogP contribution in [0.15, 0.2) is 40.8 Å². The summed E-state index contributed by atoms with van der Waals surface area (Å²) in [5.74, 6) is 0. The van der Waals surface area contributed by atoms with Crippen molar-refractivity contribution in [3.63, 3.8) is 0 Å². The van der Waals surface area contributed by atoms with Crippen LogP contribution in [-0.4, -0.2) is 6.29 Å². The third-order valence-electron chi connectivity index (χ3n) is 2.62. The molecule has 0 N–H and O–H groups in total. The van der Waals surface area contributed by atoms with Gasteiger partial charge >= 0.3 is 0 Å². The normalized spacial score (nSPS) is 11.1. The zero-order valence-corrected chi connectivity index (χ0v) is 8.99. The molecule has 0 aliphatic carbocycles. The Balaban J connectivity index is 2.57. The van der Waals surface area contributed by atoms with Gasteiger partial charge in [0, 0.05) is 27.4 Å². The van der Waals surface area contributed by atoms with Crippen LogP contribution in [0.2, 0.25) is 5.02 Å². The Labute approximate surface area is 96.4 Å². The number of furan rings is 1. The van der Waals surface area contributed by atoms with Crippen molar-refractivity contribution in [2.75, 3.05) is 0 Å². The highest BCUT2D eigenvalue weighted by Crippen LogP contribution is 2.32. The van der Waals surface area contributed by atoms with Crippen molar-refractivity contribution in [1.29, 1.82) is 0 Å². The molecule has 0 saturated carbocycles. The van der Waals surface area contributed by atoms with E-state index in [4.69, 9.17) is 16.0 Å². The largest absolute Gasteiger partial charge is 0.456 e. The molecule has 3 heteroatoms. The maximum Gasteiger partial charge on any atom is 0.150 e. The molecule has 3 aromatic rings. The van der Waals surface area contributed by atoms with Crippen molar-refractivity contribution in [1.82, 2.24) is 0 Å². The molecular weight excluding hydrogens is 224 g/mol. The van der Waals surface area contributed by atoms with Crippen LogP contribution in [0.5, 0.6) is 0 Å². The lowest BCUT2D eigenvalue weighted by molar-refractivity contribution is 0.112. The Kier molecular flexibility index (Phi) is 1.98. The van der Waals surface area contributed by atoms with E-state index in [1.807, 2.05) is 12.1 Å². The van der Waals surface area contributed by atoms with Crippen molar-refractivity contribution < 1.29 is 9.21 Å². The van der Waals surface area contributed by atoms with Crippen LogP contribution in [0.3, 0.4) is 0 Å². The lowest BCUT2D eigenvalue weighted by atomic mass is 10.1. The van der Waals surface area contributed by atoms with E-state index in [0.29, 0.717) is 21.8 Å². The Hall–Kier alpha value is -1.80. The van der Waals surface area contributed by atoms with Crippen molar-refractivity contribution in [3.05, 3.63) is 47.0 Å². The second kappa shape index (κ2) is 3.35. The first-order valence-corrected chi connectivity index (χ1v) is 5.23. The van der Waals surface area contributed by atoms with Gasteiger partial charge in [-0.25, -0.2) is 0 Å². The summed E-state index contributed by atoms with van der Waals surface area (Å²) < 4.78 is 5.63. The summed E-state index contributed by atoms with van der Waals surface area (Å²) >= 11 is 5.89. The van der Waals surface area contributed by atoms with Crippen LogP contribution in [0.4, 0.5) is 0 Å². The molecule has 2 nitrogen and oxygen atoms in total. The van der Waals surface area contributed by atoms with E-state index >= 15 is 0 Å². The highest BCUT2D eigenvalue weighted by atomic mass is 35.5. The van der Waals surface area contributed by atoms with Crippen LogP contribution in [-0.2, 0) is 0 Å². The van der Waals surface area contributed by atoms with Crippen LogP contribution in [0.1, 0.15) is 10.4 Å². The van der Waals surface area contributed by atoms with Crippen molar-refractivity contribution in [2.45, 2.75) is 0 Å². The van der Waals surface area contributed by atoms with E-state index in [1.165, 1.54) is 0 Å². The van der Waals surface area contributed by atoms with Gasteiger partial charge in [-0.15, -0.1) is 0 Å². The molecule has 2 aromatic carbocycles. The molecule has 0 spiro atoms. The number of benzene rings is 2. The second-order valence-corrected chi connectivity index (χ2v) is 4.02. The average molecular weight is 231 g/mol. The molecular formula is C13H7ClO2. The number of hydrogen-bond acceptors (Lipinski definition) is 2. The first-order chi connectivity index (χ1) is 7.79. The van der Waals surface area contributed by atoms with Gasteiger partial charge < -0.3 is 4.42 Å². The van der Waals surface area contributed by atoms with Gasteiger partial charge in [0.05, 0.1) is 0 Å². The predicted molar refractivity (Wildman–Crippen MR) is 64.1 cm³/mol. The summed E-state index contributed by atoms with van der Waals surface area (Å²) in [6, 6.07) is 10.8. The highest BCUT2D eigenvalue weighted by Gasteiger charge is 2.10. The van der Waals surface area contributed by atoms with E-state index in [-0.39, 0.29) is 0 Å². The molecule has 0 aliphatic heterocycles. The lowest BCUT2D eigenvalue weighted by Crippen LogP contribution is -1.79. The maximum atomic E-state index is 11.0. The molecule has 0 radical (unpaired) electrons. The molecule has 1 aromatic heterocycles. The summed E-state index contributed by atoms with van der Waals surface area (Å²) in [5.41, 5.74) is 2.05. The Morgan fingerprint density at radius 2 is 2.00 bits per heavy atom. The number of hydrogen-bond donors (Lipinski definition) is 0. The molecule has 0 amide bonds. The summed E-state index contributed by atoms with van der Waals surface area (Å²) in [6.07, 6.45) is 0.839. The number of carbonyl (C=O) groups excluding carboxylic acids is 1. The van der Waals surface area contributed by atoms with E-state index in [1.54, 1.807) is 24.3 Å². The van der Waals surface area contributed by atoms with Gasteiger partial charge in [-0.2, -0.15) is 0 Å². The molecule has 0 saturated heterocycles. The van der Waals surface area contributed by atoms with E-state index in [0.717, 1.165) is 17.1 Å². The predicted octanol–water partition coefficient (Wildman–Crippen LogP) is 4.05. The molecule has 0 atom stereocenters. The van der Waals surface area contributed by atoms with E-state index < -0.39 is 0 Å². The summed E-state index contributed by atoms with van der Waals surface area (Å²) in [7, 11) is 0. The van der Waals surface area contributed by atoms with E-state index in [9.17, 15) is 4.79 Å².